The van der Waals surface area contributed by atoms with Gasteiger partial charge in [-0.15, -0.1) is 0 Å². The molecule has 3 rings (SSSR count). The van der Waals surface area contributed by atoms with Crippen LogP contribution in [-0.4, -0.2) is 32.3 Å². The number of hydrogen-bond acceptors (Lipinski definition) is 3. The van der Waals surface area contributed by atoms with E-state index in [0.717, 1.165) is 48.6 Å². The van der Waals surface area contributed by atoms with Crippen LogP contribution < -0.4 is 15.5 Å². The molecular weight excluding hydrogens is 314 g/mol. The molecule has 0 spiro atoms. The van der Waals surface area contributed by atoms with Gasteiger partial charge < -0.3 is 20.3 Å². The lowest BCUT2D eigenvalue weighted by Gasteiger charge is -2.33. The minimum atomic E-state index is -0.242. The van der Waals surface area contributed by atoms with Gasteiger partial charge in [0.1, 0.15) is 0 Å². The van der Waals surface area contributed by atoms with Crippen molar-refractivity contribution in [3.05, 3.63) is 54.1 Å². The molecular formula is C20H25N3O2. The van der Waals surface area contributed by atoms with Crippen LogP contribution in [0, 0.1) is 6.92 Å². The van der Waals surface area contributed by atoms with E-state index in [9.17, 15) is 4.79 Å². The zero-order valence-corrected chi connectivity index (χ0v) is 14.8. The van der Waals surface area contributed by atoms with Crippen LogP contribution in [0.1, 0.15) is 18.4 Å². The normalized spacial score (nSPS) is 17.2. The zero-order chi connectivity index (χ0) is 17.6. The van der Waals surface area contributed by atoms with E-state index in [2.05, 4.69) is 15.5 Å². The van der Waals surface area contributed by atoms with Gasteiger partial charge in [-0.2, -0.15) is 0 Å². The number of carbonyl (C=O) groups is 1. The van der Waals surface area contributed by atoms with Gasteiger partial charge in [0.25, 0.3) is 0 Å². The van der Waals surface area contributed by atoms with Crippen molar-refractivity contribution in [1.82, 2.24) is 0 Å². The Morgan fingerprint density at radius 3 is 2.24 bits per heavy atom. The van der Waals surface area contributed by atoms with Crippen LogP contribution >= 0.6 is 0 Å². The summed E-state index contributed by atoms with van der Waals surface area (Å²) in [5.41, 5.74) is 3.87. The van der Waals surface area contributed by atoms with E-state index in [0.29, 0.717) is 6.10 Å². The van der Waals surface area contributed by atoms with E-state index in [-0.39, 0.29) is 6.03 Å². The lowest BCUT2D eigenvalue weighted by molar-refractivity contribution is 0.0893. The maximum atomic E-state index is 12.1. The molecule has 2 aromatic carbocycles. The quantitative estimate of drug-likeness (QED) is 0.875. The molecule has 0 radical (unpaired) electrons. The number of nitrogens with one attached hydrogen (secondary N) is 2. The van der Waals surface area contributed by atoms with Crippen molar-refractivity contribution < 1.29 is 9.53 Å². The molecule has 132 valence electrons. The Labute approximate surface area is 149 Å². The molecule has 2 amide bonds. The van der Waals surface area contributed by atoms with Crippen molar-refractivity contribution in [2.75, 3.05) is 35.7 Å². The van der Waals surface area contributed by atoms with Crippen LogP contribution in [0.25, 0.3) is 0 Å². The van der Waals surface area contributed by atoms with Gasteiger partial charge in [0.2, 0.25) is 0 Å². The first kappa shape index (κ1) is 17.3. The number of methoxy groups -OCH3 is 1. The number of piperidine rings is 1. The summed E-state index contributed by atoms with van der Waals surface area (Å²) in [4.78, 5) is 14.4. The molecule has 1 heterocycles. The second-order valence-corrected chi connectivity index (χ2v) is 6.44. The fraction of sp³-hybridized carbons (Fsp3) is 0.350. The van der Waals surface area contributed by atoms with Gasteiger partial charge in [-0.3, -0.25) is 0 Å². The number of hydrogen-bond donors (Lipinski definition) is 2. The zero-order valence-electron chi connectivity index (χ0n) is 14.8. The Morgan fingerprint density at radius 1 is 1.04 bits per heavy atom. The average Bonchev–Trinajstić information content (AvgIpc) is 2.64. The van der Waals surface area contributed by atoms with Gasteiger partial charge in [0.15, 0.2) is 0 Å². The Hall–Kier alpha value is -2.53. The number of nitrogens with zero attached hydrogens (tertiary/aromatic N) is 1. The van der Waals surface area contributed by atoms with Crippen molar-refractivity contribution in [2.24, 2.45) is 0 Å². The summed E-state index contributed by atoms with van der Waals surface area (Å²) < 4.78 is 5.48. The van der Waals surface area contributed by atoms with Crippen molar-refractivity contribution in [3.63, 3.8) is 0 Å². The SMILES string of the molecule is CO[C@@H]1CCCN(c2ccc(NC(=O)Nc3ccc(C)cc3)cc2)C1. The average molecular weight is 339 g/mol. The van der Waals surface area contributed by atoms with Gasteiger partial charge in [0.05, 0.1) is 6.10 Å². The molecule has 5 nitrogen and oxygen atoms in total. The summed E-state index contributed by atoms with van der Waals surface area (Å²) in [5.74, 6) is 0. The maximum absolute atomic E-state index is 12.1. The van der Waals surface area contributed by atoms with Crippen LogP contribution in [0.15, 0.2) is 48.5 Å². The fourth-order valence-corrected chi connectivity index (χ4v) is 3.05. The van der Waals surface area contributed by atoms with E-state index >= 15 is 0 Å². The predicted molar refractivity (Wildman–Crippen MR) is 103 cm³/mol. The molecule has 0 aliphatic carbocycles. The lowest BCUT2D eigenvalue weighted by atomic mass is 10.1. The van der Waals surface area contributed by atoms with Crippen LogP contribution in [0.2, 0.25) is 0 Å². The van der Waals surface area contributed by atoms with Gasteiger partial charge in [-0.1, -0.05) is 17.7 Å². The largest absolute Gasteiger partial charge is 0.380 e. The lowest BCUT2D eigenvalue weighted by Crippen LogP contribution is -2.39. The van der Waals surface area contributed by atoms with Crippen LogP contribution in [-0.2, 0) is 4.74 Å². The third-order valence-electron chi connectivity index (χ3n) is 4.51. The maximum Gasteiger partial charge on any atom is 0.323 e. The molecule has 0 bridgehead atoms. The molecule has 1 aliphatic heterocycles. The first-order valence-electron chi connectivity index (χ1n) is 8.66. The molecule has 1 saturated heterocycles. The van der Waals surface area contributed by atoms with Gasteiger partial charge >= 0.3 is 6.03 Å². The number of ether oxygens (including phenoxy) is 1. The Bertz CT molecular complexity index is 698. The third-order valence-corrected chi connectivity index (χ3v) is 4.51. The number of urea groups is 1. The molecule has 1 atom stereocenters. The van der Waals surface area contributed by atoms with Crippen molar-refractivity contribution >= 4 is 23.1 Å². The highest BCUT2D eigenvalue weighted by molar-refractivity contribution is 5.99. The Balaban J connectivity index is 1.56. The second kappa shape index (κ2) is 8.03. The number of benzene rings is 2. The standard InChI is InChI=1S/C20H25N3O2/c1-15-5-7-16(8-6-15)21-20(24)22-17-9-11-18(12-10-17)23-13-3-4-19(14-23)25-2/h5-12,19H,3-4,13-14H2,1-2H3,(H2,21,22,24)/t19-/m1/s1. The topological polar surface area (TPSA) is 53.6 Å². The molecule has 1 fully saturated rings. The predicted octanol–water partition coefficient (Wildman–Crippen LogP) is 4.25. The molecule has 25 heavy (non-hydrogen) atoms. The Kier molecular flexibility index (Phi) is 5.56. The molecule has 0 aromatic heterocycles. The van der Waals surface area contributed by atoms with Gasteiger partial charge in [-0.25, -0.2) is 4.79 Å². The summed E-state index contributed by atoms with van der Waals surface area (Å²) in [6, 6.07) is 15.4. The summed E-state index contributed by atoms with van der Waals surface area (Å²) in [6.45, 7) is 3.97. The highest BCUT2D eigenvalue weighted by Gasteiger charge is 2.19. The van der Waals surface area contributed by atoms with Crippen LogP contribution in [0.4, 0.5) is 21.9 Å². The summed E-state index contributed by atoms with van der Waals surface area (Å²) in [5, 5.41) is 5.69. The molecule has 2 aromatic rings. The molecule has 0 saturated carbocycles. The number of carbonyl (C=O) groups excluding carboxylic acids is 1. The van der Waals surface area contributed by atoms with Crippen molar-refractivity contribution in [2.45, 2.75) is 25.9 Å². The monoisotopic (exact) mass is 339 g/mol. The minimum Gasteiger partial charge on any atom is -0.380 e. The van der Waals surface area contributed by atoms with Crippen LogP contribution in [0.3, 0.4) is 0 Å². The fourth-order valence-electron chi connectivity index (χ4n) is 3.05. The summed E-state index contributed by atoms with van der Waals surface area (Å²) in [6.07, 6.45) is 2.55. The van der Waals surface area contributed by atoms with E-state index in [1.54, 1.807) is 7.11 Å². The smallest absolute Gasteiger partial charge is 0.323 e. The van der Waals surface area contributed by atoms with Gasteiger partial charge in [0, 0.05) is 37.3 Å². The highest BCUT2D eigenvalue weighted by Crippen LogP contribution is 2.23. The van der Waals surface area contributed by atoms with E-state index in [1.807, 2.05) is 55.5 Å². The number of amides is 2. The number of rotatable bonds is 4. The second-order valence-electron chi connectivity index (χ2n) is 6.44. The minimum absolute atomic E-state index is 0.242. The third kappa shape index (κ3) is 4.73. The molecule has 5 heteroatoms. The summed E-state index contributed by atoms with van der Waals surface area (Å²) >= 11 is 0. The van der Waals surface area contributed by atoms with Crippen molar-refractivity contribution in [3.8, 4) is 0 Å². The molecule has 2 N–H and O–H groups in total. The molecule has 1 aliphatic rings. The molecule has 0 unspecified atom stereocenters. The van der Waals surface area contributed by atoms with Gasteiger partial charge in [-0.05, 0) is 56.2 Å². The Morgan fingerprint density at radius 2 is 1.64 bits per heavy atom. The van der Waals surface area contributed by atoms with E-state index in [4.69, 9.17) is 4.74 Å². The number of anilines is 3. The van der Waals surface area contributed by atoms with E-state index < -0.39 is 0 Å². The number of aryl methyl sites for hydroxylation is 1. The van der Waals surface area contributed by atoms with E-state index in [1.165, 1.54) is 0 Å². The summed E-state index contributed by atoms with van der Waals surface area (Å²) in [7, 11) is 1.77. The van der Waals surface area contributed by atoms with Crippen molar-refractivity contribution in [1.29, 1.82) is 0 Å². The first-order valence-corrected chi connectivity index (χ1v) is 8.66. The highest BCUT2D eigenvalue weighted by atomic mass is 16.5. The first-order chi connectivity index (χ1) is 12.1. The van der Waals surface area contributed by atoms with Crippen LogP contribution in [0.5, 0.6) is 0 Å².